The summed E-state index contributed by atoms with van der Waals surface area (Å²) in [6.45, 7) is 0. The van der Waals surface area contributed by atoms with Crippen LogP contribution in [0.15, 0.2) is 18.3 Å². The van der Waals surface area contributed by atoms with Crippen LogP contribution in [0.2, 0.25) is 0 Å². The molecule has 8 nitrogen and oxygen atoms in total. The highest BCUT2D eigenvalue weighted by atomic mass is 16.6. The summed E-state index contributed by atoms with van der Waals surface area (Å²) in [6, 6.07) is 2.18. The van der Waals surface area contributed by atoms with E-state index < -0.39 is 9.85 Å². The molecule has 0 fully saturated rings. The predicted molar refractivity (Wildman–Crippen MR) is 49.4 cm³/mol. The zero-order valence-corrected chi connectivity index (χ0v) is 7.21. The summed E-state index contributed by atoms with van der Waals surface area (Å²) < 4.78 is 0. The molecule has 0 radical (unpaired) electrons. The lowest BCUT2D eigenvalue weighted by molar-refractivity contribution is -0.386. The first kappa shape index (κ1) is 9.06. The van der Waals surface area contributed by atoms with Gasteiger partial charge in [-0.25, -0.2) is 0 Å². The fourth-order valence-corrected chi connectivity index (χ4v) is 1.32. The fraction of sp³-hybridized carbons (Fsp3) is 0. The number of fused-ring (bicyclic) bond motifs is 1. The quantitative estimate of drug-likeness (QED) is 0.591. The number of H-pyrrole nitrogens is 1. The standard InChI is InChI=1S/C7H4N4O4/c12-10(13)5-1-2-6(11(14)15)7-4(5)3-8-9-7/h1-3H,(H,8,9). The summed E-state index contributed by atoms with van der Waals surface area (Å²) in [6.07, 6.45) is 1.19. The minimum Gasteiger partial charge on any atom is -0.271 e. The minimum atomic E-state index is -0.621. The van der Waals surface area contributed by atoms with Crippen molar-refractivity contribution in [1.29, 1.82) is 0 Å². The van der Waals surface area contributed by atoms with Crippen molar-refractivity contribution in [3.63, 3.8) is 0 Å². The van der Waals surface area contributed by atoms with Gasteiger partial charge >= 0.3 is 0 Å². The lowest BCUT2D eigenvalue weighted by Gasteiger charge is -1.94. The van der Waals surface area contributed by atoms with Crippen molar-refractivity contribution in [2.45, 2.75) is 0 Å². The summed E-state index contributed by atoms with van der Waals surface area (Å²) >= 11 is 0. The molecule has 1 aromatic heterocycles. The average Bonchev–Trinajstić information content (AvgIpc) is 2.63. The van der Waals surface area contributed by atoms with Gasteiger partial charge in [0.2, 0.25) is 0 Å². The van der Waals surface area contributed by atoms with E-state index in [0.717, 1.165) is 12.1 Å². The maximum Gasteiger partial charge on any atom is 0.295 e. The Morgan fingerprint density at radius 2 is 1.73 bits per heavy atom. The van der Waals surface area contributed by atoms with Crippen molar-refractivity contribution in [2.24, 2.45) is 0 Å². The molecule has 1 heterocycles. The molecule has 8 heteroatoms. The number of nitrogens with one attached hydrogen (secondary N) is 1. The Kier molecular flexibility index (Phi) is 1.82. The summed E-state index contributed by atoms with van der Waals surface area (Å²) in [5.41, 5.74) is -0.369. The van der Waals surface area contributed by atoms with E-state index in [4.69, 9.17) is 0 Å². The van der Waals surface area contributed by atoms with Gasteiger partial charge in [0.05, 0.1) is 16.0 Å². The van der Waals surface area contributed by atoms with Crippen LogP contribution in [0, 0.1) is 20.2 Å². The first-order valence-electron chi connectivity index (χ1n) is 3.86. The van der Waals surface area contributed by atoms with Gasteiger partial charge in [0.15, 0.2) is 0 Å². The molecule has 0 aliphatic heterocycles. The van der Waals surface area contributed by atoms with Crippen molar-refractivity contribution < 1.29 is 9.85 Å². The molecule has 0 amide bonds. The molecule has 1 aromatic carbocycles. The van der Waals surface area contributed by atoms with E-state index in [-0.39, 0.29) is 22.3 Å². The van der Waals surface area contributed by atoms with E-state index in [1.54, 1.807) is 0 Å². The number of aromatic amines is 1. The van der Waals surface area contributed by atoms with Gasteiger partial charge in [0, 0.05) is 12.1 Å². The second kappa shape index (κ2) is 3.01. The van der Waals surface area contributed by atoms with E-state index in [9.17, 15) is 20.2 Å². The van der Waals surface area contributed by atoms with Crippen LogP contribution in [0.3, 0.4) is 0 Å². The van der Waals surface area contributed by atoms with Crippen LogP contribution >= 0.6 is 0 Å². The highest BCUT2D eigenvalue weighted by Crippen LogP contribution is 2.30. The van der Waals surface area contributed by atoms with E-state index in [1.165, 1.54) is 6.20 Å². The van der Waals surface area contributed by atoms with Crippen LogP contribution in [-0.4, -0.2) is 20.0 Å². The Labute approximate surface area is 81.8 Å². The van der Waals surface area contributed by atoms with Crippen LogP contribution in [0.1, 0.15) is 0 Å². The SMILES string of the molecule is O=[N+]([O-])c1ccc([N+](=O)[O-])c2[nH]ncc12. The number of benzene rings is 1. The maximum absolute atomic E-state index is 10.6. The zero-order valence-electron chi connectivity index (χ0n) is 7.21. The van der Waals surface area contributed by atoms with E-state index in [1.807, 2.05) is 0 Å². The Morgan fingerprint density at radius 1 is 1.13 bits per heavy atom. The highest BCUT2D eigenvalue weighted by Gasteiger charge is 2.21. The van der Waals surface area contributed by atoms with Crippen molar-refractivity contribution >= 4 is 22.3 Å². The van der Waals surface area contributed by atoms with Gasteiger partial charge < -0.3 is 0 Å². The molecule has 0 aliphatic carbocycles. The lowest BCUT2D eigenvalue weighted by Crippen LogP contribution is -1.93. The maximum atomic E-state index is 10.6. The van der Waals surface area contributed by atoms with Gasteiger partial charge in [0.1, 0.15) is 10.9 Å². The summed E-state index contributed by atoms with van der Waals surface area (Å²) in [7, 11) is 0. The first-order chi connectivity index (χ1) is 7.11. The molecular weight excluding hydrogens is 204 g/mol. The van der Waals surface area contributed by atoms with Crippen LogP contribution in [0.5, 0.6) is 0 Å². The number of nitro benzene ring substituents is 2. The predicted octanol–water partition coefficient (Wildman–Crippen LogP) is 1.38. The van der Waals surface area contributed by atoms with Gasteiger partial charge in [-0.2, -0.15) is 5.10 Å². The Bertz CT molecular complexity index is 513. The van der Waals surface area contributed by atoms with Gasteiger partial charge in [0.25, 0.3) is 11.4 Å². The lowest BCUT2D eigenvalue weighted by atomic mass is 10.2. The topological polar surface area (TPSA) is 115 Å². The van der Waals surface area contributed by atoms with Crippen LogP contribution in [0.25, 0.3) is 10.9 Å². The molecule has 0 unspecified atom stereocenters. The normalized spacial score (nSPS) is 10.4. The molecule has 0 bridgehead atoms. The third-order valence-corrected chi connectivity index (χ3v) is 1.96. The number of aromatic nitrogens is 2. The smallest absolute Gasteiger partial charge is 0.271 e. The van der Waals surface area contributed by atoms with Crippen molar-refractivity contribution in [3.05, 3.63) is 38.6 Å². The molecule has 15 heavy (non-hydrogen) atoms. The third kappa shape index (κ3) is 1.27. The second-order valence-corrected chi connectivity index (χ2v) is 2.78. The minimum absolute atomic E-state index is 0.0641. The molecular formula is C7H4N4O4. The Morgan fingerprint density at radius 3 is 2.33 bits per heavy atom. The Balaban J connectivity index is 2.82. The van der Waals surface area contributed by atoms with Crippen molar-refractivity contribution in [1.82, 2.24) is 10.2 Å². The van der Waals surface area contributed by atoms with E-state index in [0.29, 0.717) is 0 Å². The molecule has 0 atom stereocenters. The summed E-state index contributed by atoms with van der Waals surface area (Å²) in [5, 5.41) is 27.2. The number of hydrogen-bond donors (Lipinski definition) is 1. The van der Waals surface area contributed by atoms with Gasteiger partial charge in [-0.3, -0.25) is 25.3 Å². The molecule has 0 aliphatic rings. The molecule has 1 N–H and O–H groups in total. The molecule has 76 valence electrons. The van der Waals surface area contributed by atoms with Gasteiger partial charge in [-0.1, -0.05) is 0 Å². The molecule has 0 saturated carbocycles. The molecule has 0 saturated heterocycles. The number of hydrogen-bond acceptors (Lipinski definition) is 5. The summed E-state index contributed by atoms with van der Waals surface area (Å²) in [5.74, 6) is 0. The zero-order chi connectivity index (χ0) is 11.0. The fourth-order valence-electron chi connectivity index (χ4n) is 1.32. The van der Waals surface area contributed by atoms with Gasteiger partial charge in [-0.15, -0.1) is 0 Å². The Hall–Kier alpha value is -2.51. The summed E-state index contributed by atoms with van der Waals surface area (Å²) in [4.78, 5) is 19.9. The molecule has 2 aromatic rings. The third-order valence-electron chi connectivity index (χ3n) is 1.96. The molecule has 0 spiro atoms. The van der Waals surface area contributed by atoms with Gasteiger partial charge in [-0.05, 0) is 0 Å². The average molecular weight is 208 g/mol. The van der Waals surface area contributed by atoms with Crippen molar-refractivity contribution in [2.75, 3.05) is 0 Å². The van der Waals surface area contributed by atoms with E-state index >= 15 is 0 Å². The monoisotopic (exact) mass is 208 g/mol. The second-order valence-electron chi connectivity index (χ2n) is 2.78. The van der Waals surface area contributed by atoms with Crippen molar-refractivity contribution in [3.8, 4) is 0 Å². The number of non-ortho nitro benzene ring substituents is 2. The number of nitro groups is 2. The van der Waals surface area contributed by atoms with Crippen LogP contribution in [0.4, 0.5) is 11.4 Å². The molecule has 2 rings (SSSR count). The number of nitrogens with zero attached hydrogens (tertiary/aromatic N) is 3. The highest BCUT2D eigenvalue weighted by molar-refractivity contribution is 5.93. The van der Waals surface area contributed by atoms with Crippen LogP contribution < -0.4 is 0 Å². The van der Waals surface area contributed by atoms with Crippen LogP contribution in [-0.2, 0) is 0 Å². The van der Waals surface area contributed by atoms with E-state index in [2.05, 4.69) is 10.2 Å². The largest absolute Gasteiger partial charge is 0.295 e. The number of rotatable bonds is 2. The first-order valence-corrected chi connectivity index (χ1v) is 3.86.